The Morgan fingerprint density at radius 1 is 0.942 bits per heavy atom. The first-order chi connectivity index (χ1) is 25.3. The first-order valence-corrected chi connectivity index (χ1v) is 19.2. The monoisotopic (exact) mass is 733 g/mol. The van der Waals surface area contributed by atoms with Crippen LogP contribution in [0, 0.1) is 13.8 Å². The lowest BCUT2D eigenvalue weighted by molar-refractivity contribution is -0.132. The number of rotatable bonds is 13. The molecule has 0 bridgehead atoms. The topological polar surface area (TPSA) is 119 Å². The first kappa shape index (κ1) is 35.2. The SMILES string of the molecule is CCCCCOc1ccc(C2C(=C(O)c3nc4c(C)cccn4c3C)C(=O)C(=O)N2c2nnc(SCc3cccc4ccccc34)s2)cc1OCC. The number of nitrogens with zero attached hydrogens (tertiary/aromatic N) is 5. The molecule has 12 heteroatoms. The number of aryl methyl sites for hydroxylation is 2. The van der Waals surface area contributed by atoms with Crippen molar-refractivity contribution in [1.82, 2.24) is 19.6 Å². The van der Waals surface area contributed by atoms with E-state index in [4.69, 9.17) is 14.5 Å². The maximum absolute atomic E-state index is 14.1. The van der Waals surface area contributed by atoms with Gasteiger partial charge in [-0.3, -0.25) is 14.5 Å². The van der Waals surface area contributed by atoms with Crippen LogP contribution in [0.4, 0.5) is 5.13 Å². The summed E-state index contributed by atoms with van der Waals surface area (Å²) in [5.41, 5.74) is 4.01. The van der Waals surface area contributed by atoms with Crippen LogP contribution in [-0.4, -0.2) is 49.6 Å². The Hall–Kier alpha value is -5.20. The van der Waals surface area contributed by atoms with E-state index in [1.165, 1.54) is 28.0 Å². The van der Waals surface area contributed by atoms with Crippen LogP contribution in [0.2, 0.25) is 0 Å². The molecule has 3 aromatic carbocycles. The minimum atomic E-state index is -1.04. The van der Waals surface area contributed by atoms with Gasteiger partial charge in [-0.25, -0.2) is 4.98 Å². The molecule has 0 aliphatic carbocycles. The van der Waals surface area contributed by atoms with Crippen molar-refractivity contribution < 1.29 is 24.2 Å². The van der Waals surface area contributed by atoms with Gasteiger partial charge < -0.3 is 19.0 Å². The molecule has 1 atom stereocenters. The summed E-state index contributed by atoms with van der Waals surface area (Å²) < 4.78 is 14.6. The maximum Gasteiger partial charge on any atom is 0.301 e. The quantitative estimate of drug-likeness (QED) is 0.0310. The number of fused-ring (bicyclic) bond motifs is 2. The number of anilines is 1. The summed E-state index contributed by atoms with van der Waals surface area (Å²) in [6.07, 6.45) is 4.87. The van der Waals surface area contributed by atoms with E-state index < -0.39 is 17.7 Å². The number of aliphatic hydroxyl groups is 1. The van der Waals surface area contributed by atoms with Crippen LogP contribution in [0.3, 0.4) is 0 Å². The normalized spacial score (nSPS) is 15.6. The van der Waals surface area contributed by atoms with Gasteiger partial charge in [0.1, 0.15) is 11.3 Å². The van der Waals surface area contributed by atoms with Crippen molar-refractivity contribution in [2.75, 3.05) is 18.1 Å². The Kier molecular flexibility index (Phi) is 10.3. The lowest BCUT2D eigenvalue weighted by Crippen LogP contribution is -2.29. The van der Waals surface area contributed by atoms with Crippen molar-refractivity contribution >= 4 is 62.1 Å². The highest BCUT2D eigenvalue weighted by atomic mass is 32.2. The fourth-order valence-corrected chi connectivity index (χ4v) is 8.42. The van der Waals surface area contributed by atoms with Crippen molar-refractivity contribution in [2.24, 2.45) is 0 Å². The smallest absolute Gasteiger partial charge is 0.301 e. The van der Waals surface area contributed by atoms with E-state index in [1.807, 2.05) is 61.7 Å². The minimum Gasteiger partial charge on any atom is -0.505 e. The zero-order valence-electron chi connectivity index (χ0n) is 29.5. The second-order valence-electron chi connectivity index (χ2n) is 12.6. The number of Topliss-reactive ketones (excluding diaryl/α,β-unsaturated/α-hetero) is 1. The molecule has 266 valence electrons. The third-order valence-electron chi connectivity index (χ3n) is 9.17. The number of aliphatic hydroxyl groups excluding tert-OH is 1. The molecule has 52 heavy (non-hydrogen) atoms. The van der Waals surface area contributed by atoms with E-state index in [2.05, 4.69) is 41.4 Å². The summed E-state index contributed by atoms with van der Waals surface area (Å²) in [4.78, 5) is 34.2. The van der Waals surface area contributed by atoms with Gasteiger partial charge in [0.25, 0.3) is 5.78 Å². The van der Waals surface area contributed by atoms with Crippen molar-refractivity contribution in [3.05, 3.63) is 113 Å². The van der Waals surface area contributed by atoms with E-state index >= 15 is 0 Å². The standard InChI is InChI=1S/C40H39N5O5S2/c1-5-7-10-21-50-30-19-18-27(22-31(30)49-6-2)34-32(35(46)33-25(4)44-20-12-13-24(3)37(44)41-33)36(47)38(48)45(34)39-42-43-40(52-39)51-23-28-16-11-15-26-14-8-9-17-29(26)28/h8-9,11-20,22,34,46H,5-7,10,21,23H2,1-4H3. The van der Waals surface area contributed by atoms with Crippen LogP contribution >= 0.6 is 23.1 Å². The van der Waals surface area contributed by atoms with Crippen LogP contribution < -0.4 is 14.4 Å². The van der Waals surface area contributed by atoms with Crippen LogP contribution in [0.1, 0.15) is 67.2 Å². The number of carbonyl (C=O) groups excluding carboxylic acids is 2. The van der Waals surface area contributed by atoms with Gasteiger partial charge >= 0.3 is 5.91 Å². The number of unbranched alkanes of at least 4 members (excludes halogenated alkanes) is 2. The van der Waals surface area contributed by atoms with Crippen LogP contribution in [0.25, 0.3) is 22.2 Å². The highest BCUT2D eigenvalue weighted by molar-refractivity contribution is 8.00. The van der Waals surface area contributed by atoms with E-state index in [-0.39, 0.29) is 22.2 Å². The molecule has 1 aliphatic rings. The number of benzene rings is 3. The van der Waals surface area contributed by atoms with Gasteiger partial charge in [-0.1, -0.05) is 97.5 Å². The maximum atomic E-state index is 14.1. The number of hydrogen-bond donors (Lipinski definition) is 1. The summed E-state index contributed by atoms with van der Waals surface area (Å²) in [5, 5.41) is 23.4. The second kappa shape index (κ2) is 15.2. The van der Waals surface area contributed by atoms with E-state index in [1.54, 1.807) is 18.2 Å². The summed E-state index contributed by atoms with van der Waals surface area (Å²) >= 11 is 2.73. The lowest BCUT2D eigenvalue weighted by atomic mass is 9.96. The largest absolute Gasteiger partial charge is 0.505 e. The zero-order valence-corrected chi connectivity index (χ0v) is 31.1. The molecule has 0 radical (unpaired) electrons. The molecule has 0 saturated carbocycles. The van der Waals surface area contributed by atoms with Gasteiger partial charge in [-0.2, -0.15) is 0 Å². The van der Waals surface area contributed by atoms with Gasteiger partial charge in [0.15, 0.2) is 21.6 Å². The lowest BCUT2D eigenvalue weighted by Gasteiger charge is -2.23. The molecular formula is C40H39N5O5S2. The third kappa shape index (κ3) is 6.64. The number of pyridine rings is 1. The molecule has 1 aliphatic heterocycles. The number of hydrogen-bond acceptors (Lipinski definition) is 10. The number of carbonyl (C=O) groups is 2. The summed E-state index contributed by atoms with van der Waals surface area (Å²) in [7, 11) is 0. The number of thioether (sulfide) groups is 1. The minimum absolute atomic E-state index is 0.0895. The Morgan fingerprint density at radius 2 is 1.77 bits per heavy atom. The van der Waals surface area contributed by atoms with Crippen molar-refractivity contribution in [3.63, 3.8) is 0 Å². The van der Waals surface area contributed by atoms with Crippen LogP contribution in [-0.2, 0) is 15.3 Å². The fourth-order valence-electron chi connectivity index (χ4n) is 6.55. The number of amides is 1. The highest BCUT2D eigenvalue weighted by Crippen LogP contribution is 2.46. The number of aromatic nitrogens is 4. The molecule has 3 aromatic heterocycles. The molecule has 6 aromatic rings. The molecular weight excluding hydrogens is 695 g/mol. The van der Waals surface area contributed by atoms with Crippen LogP contribution in [0.15, 0.2) is 88.9 Å². The molecule has 0 spiro atoms. The first-order valence-electron chi connectivity index (χ1n) is 17.4. The van der Waals surface area contributed by atoms with Gasteiger partial charge in [0, 0.05) is 11.9 Å². The predicted octanol–water partition coefficient (Wildman–Crippen LogP) is 8.84. The van der Waals surface area contributed by atoms with Crippen molar-refractivity contribution in [1.29, 1.82) is 0 Å². The molecule has 4 heterocycles. The fraction of sp³-hybridized carbons (Fsp3) is 0.275. The Bertz CT molecular complexity index is 2330. The Balaban J connectivity index is 1.30. The average molecular weight is 734 g/mol. The number of imidazole rings is 1. The summed E-state index contributed by atoms with van der Waals surface area (Å²) in [6, 6.07) is 22.6. The van der Waals surface area contributed by atoms with Crippen molar-refractivity contribution in [3.8, 4) is 11.5 Å². The van der Waals surface area contributed by atoms with Crippen LogP contribution in [0.5, 0.6) is 11.5 Å². The molecule has 10 nitrogen and oxygen atoms in total. The van der Waals surface area contributed by atoms with Gasteiger partial charge in [0.05, 0.1) is 30.5 Å². The van der Waals surface area contributed by atoms with E-state index in [9.17, 15) is 14.7 Å². The summed E-state index contributed by atoms with van der Waals surface area (Å²) in [5.74, 6) is -0.335. The molecule has 1 fully saturated rings. The predicted molar refractivity (Wildman–Crippen MR) is 205 cm³/mol. The molecule has 1 N–H and O–H groups in total. The van der Waals surface area contributed by atoms with E-state index in [0.29, 0.717) is 51.7 Å². The Morgan fingerprint density at radius 3 is 2.58 bits per heavy atom. The highest BCUT2D eigenvalue weighted by Gasteiger charge is 2.49. The third-order valence-corrected chi connectivity index (χ3v) is 11.3. The van der Waals surface area contributed by atoms with Gasteiger partial charge in [-0.05, 0) is 72.9 Å². The Labute approximate surface area is 310 Å². The van der Waals surface area contributed by atoms with E-state index in [0.717, 1.165) is 41.2 Å². The van der Waals surface area contributed by atoms with Crippen molar-refractivity contribution in [2.45, 2.75) is 63.1 Å². The molecule has 1 saturated heterocycles. The number of ether oxygens (including phenoxy) is 2. The number of ketones is 1. The van der Waals surface area contributed by atoms with Gasteiger partial charge in [0.2, 0.25) is 5.13 Å². The zero-order chi connectivity index (χ0) is 36.4. The average Bonchev–Trinajstić information content (AvgIpc) is 3.84. The van der Waals surface area contributed by atoms with Gasteiger partial charge in [-0.15, -0.1) is 10.2 Å². The molecule has 7 rings (SSSR count). The molecule has 1 unspecified atom stereocenters. The molecule has 1 amide bonds. The second-order valence-corrected chi connectivity index (χ2v) is 14.8. The summed E-state index contributed by atoms with van der Waals surface area (Å²) in [6.45, 7) is 8.67.